The van der Waals surface area contributed by atoms with Gasteiger partial charge in [0.1, 0.15) is 5.75 Å². The first-order valence-electron chi connectivity index (χ1n) is 14.7. The molecule has 1 fully saturated rings. The molecule has 0 bridgehead atoms. The van der Waals surface area contributed by atoms with Crippen molar-refractivity contribution in [3.63, 3.8) is 0 Å². The van der Waals surface area contributed by atoms with Crippen molar-refractivity contribution >= 4 is 17.5 Å². The number of carbonyl (C=O) groups excluding carboxylic acids is 1. The number of nitrogens with zero attached hydrogens (tertiary/aromatic N) is 5. The van der Waals surface area contributed by atoms with E-state index in [0.717, 1.165) is 53.5 Å². The largest absolute Gasteiger partial charge is 0.495 e. The van der Waals surface area contributed by atoms with E-state index in [-0.39, 0.29) is 11.9 Å². The Hall–Kier alpha value is -4.49. The Kier molecular flexibility index (Phi) is 8.52. The summed E-state index contributed by atoms with van der Waals surface area (Å²) in [5, 5.41) is 5.39. The third kappa shape index (κ3) is 6.18. The number of hydrogen-bond donors (Lipinski definition) is 0. The van der Waals surface area contributed by atoms with E-state index in [0.29, 0.717) is 35.5 Å². The van der Waals surface area contributed by atoms with Crippen LogP contribution >= 0.6 is 11.6 Å². The zero-order valence-corrected chi connectivity index (χ0v) is 25.2. The van der Waals surface area contributed by atoms with Gasteiger partial charge in [0.2, 0.25) is 0 Å². The summed E-state index contributed by atoms with van der Waals surface area (Å²) in [6.45, 7) is 3.05. The van der Waals surface area contributed by atoms with Crippen LogP contribution in [0.5, 0.6) is 5.75 Å². The monoisotopic (exact) mass is 591 g/mol. The van der Waals surface area contributed by atoms with E-state index < -0.39 is 0 Å². The van der Waals surface area contributed by atoms with Crippen LogP contribution < -0.4 is 4.74 Å². The second kappa shape index (κ2) is 12.8. The van der Waals surface area contributed by atoms with Crippen LogP contribution in [0.25, 0.3) is 33.9 Å². The normalized spacial score (nSPS) is 13.3. The van der Waals surface area contributed by atoms with Crippen molar-refractivity contribution in [3.05, 3.63) is 107 Å². The molecule has 0 aliphatic heterocycles. The standard InChI is InChI=1S/C35H34ClN5O2/c1-24-11-13-25(14-12-24)29-9-5-6-10-30(29)35(42)40(28-7-3-4-8-28)21-22-41-34(27-15-16-32(43-2)31(36)23-27)38-33(39-41)26-17-19-37-20-18-26/h5-6,9-20,23,28H,3-4,7-8,21-22H2,1-2H3. The Morgan fingerprint density at radius 1 is 0.953 bits per heavy atom. The number of benzene rings is 3. The van der Waals surface area contributed by atoms with Gasteiger partial charge in [0.05, 0.1) is 18.7 Å². The maximum Gasteiger partial charge on any atom is 0.254 e. The number of rotatable bonds is 9. The molecule has 0 atom stereocenters. The summed E-state index contributed by atoms with van der Waals surface area (Å²) in [6, 6.07) is 25.8. The molecule has 2 heterocycles. The molecule has 0 saturated heterocycles. The molecule has 0 unspecified atom stereocenters. The topological polar surface area (TPSA) is 73.1 Å². The summed E-state index contributed by atoms with van der Waals surface area (Å²) < 4.78 is 7.25. The third-order valence-electron chi connectivity index (χ3n) is 8.12. The molecule has 0 N–H and O–H groups in total. The Morgan fingerprint density at radius 3 is 2.40 bits per heavy atom. The highest BCUT2D eigenvalue weighted by Gasteiger charge is 2.29. The summed E-state index contributed by atoms with van der Waals surface area (Å²) in [7, 11) is 1.59. The highest BCUT2D eigenvalue weighted by Crippen LogP contribution is 2.32. The van der Waals surface area contributed by atoms with Gasteiger partial charge in [-0.1, -0.05) is 72.5 Å². The van der Waals surface area contributed by atoms with Crippen LogP contribution in [-0.4, -0.2) is 50.3 Å². The van der Waals surface area contributed by atoms with Gasteiger partial charge in [-0.15, -0.1) is 0 Å². The molecule has 2 aromatic heterocycles. The van der Waals surface area contributed by atoms with Crippen LogP contribution in [0.1, 0.15) is 41.6 Å². The lowest BCUT2D eigenvalue weighted by atomic mass is 9.97. The molecular formula is C35H34ClN5O2. The Labute approximate surface area is 257 Å². The van der Waals surface area contributed by atoms with Crippen molar-refractivity contribution in [1.82, 2.24) is 24.6 Å². The van der Waals surface area contributed by atoms with Crippen molar-refractivity contribution in [2.24, 2.45) is 0 Å². The van der Waals surface area contributed by atoms with Crippen molar-refractivity contribution < 1.29 is 9.53 Å². The highest BCUT2D eigenvalue weighted by atomic mass is 35.5. The summed E-state index contributed by atoms with van der Waals surface area (Å²) >= 11 is 6.51. The number of ether oxygens (including phenoxy) is 1. The van der Waals surface area contributed by atoms with Crippen LogP contribution in [0.3, 0.4) is 0 Å². The molecule has 1 aliphatic rings. The van der Waals surface area contributed by atoms with Gasteiger partial charge < -0.3 is 9.64 Å². The van der Waals surface area contributed by atoms with Gasteiger partial charge in [-0.05, 0) is 67.3 Å². The first-order chi connectivity index (χ1) is 21.0. The van der Waals surface area contributed by atoms with Gasteiger partial charge >= 0.3 is 0 Å². The first kappa shape index (κ1) is 28.6. The number of pyridine rings is 1. The summed E-state index contributed by atoms with van der Waals surface area (Å²) in [5.41, 5.74) is 5.58. The lowest BCUT2D eigenvalue weighted by molar-refractivity contribution is 0.0672. The van der Waals surface area contributed by atoms with Gasteiger partial charge in [-0.25, -0.2) is 9.67 Å². The van der Waals surface area contributed by atoms with Crippen molar-refractivity contribution in [2.75, 3.05) is 13.7 Å². The number of carbonyl (C=O) groups is 1. The maximum atomic E-state index is 14.4. The molecule has 43 heavy (non-hydrogen) atoms. The number of aromatic nitrogens is 4. The zero-order chi connectivity index (χ0) is 29.8. The molecule has 218 valence electrons. The Morgan fingerprint density at radius 2 is 1.67 bits per heavy atom. The average molecular weight is 592 g/mol. The van der Waals surface area contributed by atoms with Gasteiger partial charge in [-0.3, -0.25) is 9.78 Å². The molecule has 1 saturated carbocycles. The molecule has 7 nitrogen and oxygen atoms in total. The molecular weight excluding hydrogens is 558 g/mol. The van der Waals surface area contributed by atoms with Gasteiger partial charge in [0.15, 0.2) is 11.6 Å². The number of halogens is 1. The minimum absolute atomic E-state index is 0.0478. The molecule has 5 aromatic rings. The predicted octanol–water partition coefficient (Wildman–Crippen LogP) is 7.73. The lowest BCUT2D eigenvalue weighted by Crippen LogP contribution is -2.41. The molecule has 1 aliphatic carbocycles. The average Bonchev–Trinajstić information content (AvgIpc) is 3.73. The molecule has 3 aromatic carbocycles. The van der Waals surface area contributed by atoms with Crippen LogP contribution in [0.15, 0.2) is 91.3 Å². The number of aryl methyl sites for hydroxylation is 1. The SMILES string of the molecule is COc1ccc(-c2nc(-c3ccncc3)nn2CCN(C(=O)c2ccccc2-c2ccc(C)cc2)C2CCCC2)cc1Cl. The summed E-state index contributed by atoms with van der Waals surface area (Å²) in [4.78, 5) is 25.5. The molecule has 0 spiro atoms. The lowest BCUT2D eigenvalue weighted by Gasteiger charge is -2.30. The minimum atomic E-state index is 0.0478. The van der Waals surface area contributed by atoms with Crippen molar-refractivity contribution in [3.8, 4) is 39.7 Å². The second-order valence-corrected chi connectivity index (χ2v) is 11.3. The maximum absolute atomic E-state index is 14.4. The minimum Gasteiger partial charge on any atom is -0.495 e. The number of methoxy groups -OCH3 is 1. The fourth-order valence-corrected chi connectivity index (χ4v) is 6.08. The number of amides is 1. The first-order valence-corrected chi connectivity index (χ1v) is 15.1. The smallest absolute Gasteiger partial charge is 0.254 e. The van der Waals surface area contributed by atoms with Gasteiger partial charge in [0, 0.05) is 41.7 Å². The van der Waals surface area contributed by atoms with E-state index in [1.165, 1.54) is 5.56 Å². The zero-order valence-electron chi connectivity index (χ0n) is 24.4. The Balaban J connectivity index is 1.35. The molecule has 6 rings (SSSR count). The quantitative estimate of drug-likeness (QED) is 0.175. The van der Waals surface area contributed by atoms with Gasteiger partial charge in [0.25, 0.3) is 5.91 Å². The molecule has 0 radical (unpaired) electrons. The van der Waals surface area contributed by atoms with Crippen LogP contribution in [0.4, 0.5) is 0 Å². The second-order valence-electron chi connectivity index (χ2n) is 10.9. The predicted molar refractivity (Wildman–Crippen MR) is 170 cm³/mol. The van der Waals surface area contributed by atoms with E-state index in [9.17, 15) is 4.79 Å². The third-order valence-corrected chi connectivity index (χ3v) is 8.41. The summed E-state index contributed by atoms with van der Waals surface area (Å²) in [6.07, 6.45) is 7.70. The Bertz CT molecular complexity index is 1710. The fraction of sp³-hybridized carbons (Fsp3) is 0.257. The summed E-state index contributed by atoms with van der Waals surface area (Å²) in [5.74, 6) is 1.91. The van der Waals surface area contributed by atoms with Crippen LogP contribution in [0, 0.1) is 6.92 Å². The fourth-order valence-electron chi connectivity index (χ4n) is 5.82. The van der Waals surface area contributed by atoms with Gasteiger partial charge in [-0.2, -0.15) is 5.10 Å². The molecule has 8 heteroatoms. The van der Waals surface area contributed by atoms with E-state index in [1.54, 1.807) is 19.5 Å². The van der Waals surface area contributed by atoms with E-state index in [2.05, 4.69) is 41.1 Å². The van der Waals surface area contributed by atoms with E-state index in [1.807, 2.05) is 59.3 Å². The van der Waals surface area contributed by atoms with Crippen molar-refractivity contribution in [2.45, 2.75) is 45.2 Å². The van der Waals surface area contributed by atoms with E-state index in [4.69, 9.17) is 26.4 Å². The van der Waals surface area contributed by atoms with Crippen LogP contribution in [0.2, 0.25) is 5.02 Å². The van der Waals surface area contributed by atoms with Crippen molar-refractivity contribution in [1.29, 1.82) is 0 Å². The van der Waals surface area contributed by atoms with E-state index >= 15 is 0 Å². The van der Waals surface area contributed by atoms with Crippen LogP contribution in [-0.2, 0) is 6.54 Å². The number of hydrogen-bond acceptors (Lipinski definition) is 5. The molecule has 1 amide bonds. The highest BCUT2D eigenvalue weighted by molar-refractivity contribution is 6.32.